The molecule has 1 aliphatic rings. The number of anilines is 1. The van der Waals surface area contributed by atoms with Gasteiger partial charge >= 0.3 is 0 Å². The van der Waals surface area contributed by atoms with E-state index in [1.807, 2.05) is 0 Å². The van der Waals surface area contributed by atoms with Gasteiger partial charge in [-0.3, -0.25) is 4.79 Å². The van der Waals surface area contributed by atoms with Crippen molar-refractivity contribution >= 4 is 11.6 Å². The molecule has 0 aromatic heterocycles. The van der Waals surface area contributed by atoms with Gasteiger partial charge in [-0.2, -0.15) is 0 Å². The third-order valence-electron chi connectivity index (χ3n) is 3.03. The molecular formula is C12H14F2N2O. The van der Waals surface area contributed by atoms with Crippen LogP contribution in [0.1, 0.15) is 12.8 Å². The molecule has 3 nitrogen and oxygen atoms in total. The van der Waals surface area contributed by atoms with Gasteiger partial charge in [-0.05, 0) is 32.0 Å². The lowest BCUT2D eigenvalue weighted by atomic mass is 10.1. The van der Waals surface area contributed by atoms with Crippen molar-refractivity contribution in [3.05, 3.63) is 29.8 Å². The van der Waals surface area contributed by atoms with E-state index in [9.17, 15) is 13.6 Å². The normalized spacial score (nSPS) is 16.6. The molecule has 0 spiro atoms. The number of nitrogens with one attached hydrogen (secondary N) is 2. The monoisotopic (exact) mass is 240 g/mol. The van der Waals surface area contributed by atoms with Crippen LogP contribution in [0.4, 0.5) is 14.5 Å². The largest absolute Gasteiger partial charge is 0.325 e. The summed E-state index contributed by atoms with van der Waals surface area (Å²) >= 11 is 0. The molecule has 1 fully saturated rings. The average Bonchev–Trinajstić information content (AvgIpc) is 3.05. The zero-order valence-electron chi connectivity index (χ0n) is 9.52. The third kappa shape index (κ3) is 2.44. The second kappa shape index (κ2) is 4.41. The highest BCUT2D eigenvalue weighted by Gasteiger charge is 2.49. The predicted octanol–water partition coefficient (Wildman–Crippen LogP) is 1.90. The van der Waals surface area contributed by atoms with E-state index >= 15 is 0 Å². The summed E-state index contributed by atoms with van der Waals surface area (Å²) in [6, 6.07) is 3.34. The molecular weight excluding hydrogens is 226 g/mol. The first-order valence-corrected chi connectivity index (χ1v) is 5.48. The molecule has 17 heavy (non-hydrogen) atoms. The fourth-order valence-electron chi connectivity index (χ4n) is 1.81. The number of benzene rings is 1. The van der Waals surface area contributed by atoms with E-state index in [0.717, 1.165) is 25.0 Å². The average molecular weight is 240 g/mol. The zero-order valence-corrected chi connectivity index (χ0v) is 9.52. The second-order valence-electron chi connectivity index (χ2n) is 4.39. The number of halogens is 2. The number of hydrogen-bond donors (Lipinski definition) is 2. The van der Waals surface area contributed by atoms with Crippen LogP contribution in [0.25, 0.3) is 0 Å². The first-order valence-electron chi connectivity index (χ1n) is 5.48. The highest BCUT2D eigenvalue weighted by atomic mass is 19.2. The lowest BCUT2D eigenvalue weighted by molar-refractivity contribution is -0.120. The van der Waals surface area contributed by atoms with Gasteiger partial charge in [0.15, 0.2) is 11.6 Å². The molecule has 0 bridgehead atoms. The highest BCUT2D eigenvalue weighted by molar-refractivity contribution is 5.97. The van der Waals surface area contributed by atoms with Crippen molar-refractivity contribution in [2.24, 2.45) is 5.41 Å². The SMILES string of the molecule is CNCC1(C(=O)Nc2ccc(F)c(F)c2)CC1. The van der Waals surface area contributed by atoms with Gasteiger partial charge in [-0.15, -0.1) is 0 Å². The molecule has 1 aliphatic carbocycles. The summed E-state index contributed by atoms with van der Waals surface area (Å²) < 4.78 is 25.7. The zero-order chi connectivity index (χ0) is 12.5. The van der Waals surface area contributed by atoms with Crippen LogP contribution < -0.4 is 10.6 Å². The summed E-state index contributed by atoms with van der Waals surface area (Å²) in [6.07, 6.45) is 1.65. The summed E-state index contributed by atoms with van der Waals surface area (Å²) in [7, 11) is 1.78. The fourth-order valence-corrected chi connectivity index (χ4v) is 1.81. The topological polar surface area (TPSA) is 41.1 Å². The Morgan fingerprint density at radius 3 is 2.59 bits per heavy atom. The lowest BCUT2D eigenvalue weighted by Gasteiger charge is -2.14. The quantitative estimate of drug-likeness (QED) is 0.844. The molecule has 0 aliphatic heterocycles. The minimum absolute atomic E-state index is 0.141. The summed E-state index contributed by atoms with van der Waals surface area (Å²) in [5.41, 5.74) is -0.0872. The number of hydrogen-bond acceptors (Lipinski definition) is 2. The van der Waals surface area contributed by atoms with Crippen molar-refractivity contribution in [1.29, 1.82) is 0 Å². The maximum absolute atomic E-state index is 13.0. The molecule has 0 unspecified atom stereocenters. The van der Waals surface area contributed by atoms with E-state index in [0.29, 0.717) is 6.54 Å². The number of rotatable bonds is 4. The van der Waals surface area contributed by atoms with Crippen LogP contribution in [-0.2, 0) is 4.79 Å². The van der Waals surface area contributed by atoms with Crippen LogP contribution in [0.15, 0.2) is 18.2 Å². The predicted molar refractivity (Wildman–Crippen MR) is 60.6 cm³/mol. The highest BCUT2D eigenvalue weighted by Crippen LogP contribution is 2.45. The molecule has 2 N–H and O–H groups in total. The van der Waals surface area contributed by atoms with Crippen molar-refractivity contribution in [2.45, 2.75) is 12.8 Å². The molecule has 1 amide bonds. The van der Waals surface area contributed by atoms with Gasteiger partial charge in [0.2, 0.25) is 5.91 Å². The van der Waals surface area contributed by atoms with Crippen LogP contribution in [-0.4, -0.2) is 19.5 Å². The summed E-state index contributed by atoms with van der Waals surface area (Å²) in [5, 5.41) is 5.57. The Labute approximate surface area is 98.2 Å². The van der Waals surface area contributed by atoms with Gasteiger partial charge in [0, 0.05) is 18.3 Å². The van der Waals surface area contributed by atoms with Gasteiger partial charge < -0.3 is 10.6 Å². The van der Waals surface area contributed by atoms with E-state index in [1.54, 1.807) is 7.05 Å². The van der Waals surface area contributed by atoms with Gasteiger partial charge in [-0.25, -0.2) is 8.78 Å². The van der Waals surface area contributed by atoms with Gasteiger partial charge in [-0.1, -0.05) is 0 Å². The Kier molecular flexibility index (Phi) is 3.11. The maximum Gasteiger partial charge on any atom is 0.231 e. The number of amides is 1. The Morgan fingerprint density at radius 2 is 2.06 bits per heavy atom. The Morgan fingerprint density at radius 1 is 1.35 bits per heavy atom. The van der Waals surface area contributed by atoms with E-state index in [4.69, 9.17) is 0 Å². The molecule has 2 rings (SSSR count). The molecule has 0 heterocycles. The van der Waals surface area contributed by atoms with E-state index in [1.165, 1.54) is 6.07 Å². The van der Waals surface area contributed by atoms with Gasteiger partial charge in [0.25, 0.3) is 0 Å². The minimum Gasteiger partial charge on any atom is -0.325 e. The second-order valence-corrected chi connectivity index (χ2v) is 4.39. The van der Waals surface area contributed by atoms with Crippen molar-refractivity contribution in [3.8, 4) is 0 Å². The van der Waals surface area contributed by atoms with Gasteiger partial charge in [0.05, 0.1) is 5.41 Å². The smallest absolute Gasteiger partial charge is 0.231 e. The van der Waals surface area contributed by atoms with Crippen LogP contribution in [0, 0.1) is 17.0 Å². The molecule has 0 saturated heterocycles. The lowest BCUT2D eigenvalue weighted by Crippen LogP contribution is -2.32. The van der Waals surface area contributed by atoms with E-state index < -0.39 is 11.6 Å². The summed E-state index contributed by atoms with van der Waals surface area (Å²) in [5.74, 6) is -2.02. The summed E-state index contributed by atoms with van der Waals surface area (Å²) in [6.45, 7) is 0.600. The standard InChI is InChI=1S/C12H14F2N2O/c1-15-7-12(4-5-12)11(17)16-8-2-3-9(13)10(14)6-8/h2-3,6,15H,4-5,7H2,1H3,(H,16,17). The van der Waals surface area contributed by atoms with E-state index in [-0.39, 0.29) is 17.0 Å². The Bertz CT molecular complexity index is 444. The van der Waals surface area contributed by atoms with Crippen LogP contribution in [0.3, 0.4) is 0 Å². The van der Waals surface area contributed by atoms with Crippen molar-refractivity contribution in [2.75, 3.05) is 18.9 Å². The first-order chi connectivity index (χ1) is 8.07. The Balaban J connectivity index is 2.06. The van der Waals surface area contributed by atoms with Crippen molar-refractivity contribution in [1.82, 2.24) is 5.32 Å². The van der Waals surface area contributed by atoms with Gasteiger partial charge in [0.1, 0.15) is 0 Å². The van der Waals surface area contributed by atoms with Crippen molar-refractivity contribution < 1.29 is 13.6 Å². The summed E-state index contributed by atoms with van der Waals surface area (Å²) in [4.78, 5) is 11.9. The minimum atomic E-state index is -0.957. The molecule has 0 radical (unpaired) electrons. The maximum atomic E-state index is 13.0. The molecule has 1 aromatic rings. The molecule has 1 aromatic carbocycles. The first kappa shape index (κ1) is 12.0. The van der Waals surface area contributed by atoms with Crippen molar-refractivity contribution in [3.63, 3.8) is 0 Å². The van der Waals surface area contributed by atoms with Crippen LogP contribution >= 0.6 is 0 Å². The van der Waals surface area contributed by atoms with E-state index in [2.05, 4.69) is 10.6 Å². The molecule has 5 heteroatoms. The molecule has 92 valence electrons. The molecule has 0 atom stereocenters. The number of carbonyl (C=O) groups is 1. The third-order valence-corrected chi connectivity index (χ3v) is 3.03. The van der Waals surface area contributed by atoms with Crippen LogP contribution in [0.5, 0.6) is 0 Å². The number of carbonyl (C=O) groups excluding carboxylic acids is 1. The molecule has 1 saturated carbocycles. The Hall–Kier alpha value is -1.49. The fraction of sp³-hybridized carbons (Fsp3) is 0.417. The van der Waals surface area contributed by atoms with Crippen LogP contribution in [0.2, 0.25) is 0 Å².